The predicted octanol–water partition coefficient (Wildman–Crippen LogP) is 10.4. The fourth-order valence-corrected chi connectivity index (χ4v) is 4.44. The molecule has 0 saturated carbocycles. The molecule has 0 aromatic heterocycles. The Hall–Kier alpha value is 0.250. The van der Waals surface area contributed by atoms with E-state index in [9.17, 15) is 0 Å². The lowest BCUT2D eigenvalue weighted by molar-refractivity contribution is 0.441. The van der Waals surface area contributed by atoms with Crippen LogP contribution in [0, 0.1) is 0 Å². The summed E-state index contributed by atoms with van der Waals surface area (Å²) in [6.45, 7) is 8.08. The maximum atomic E-state index is 3.68. The molecule has 0 bridgehead atoms. The lowest BCUT2D eigenvalue weighted by Crippen LogP contribution is -2.28. The molecule has 30 heavy (non-hydrogen) atoms. The van der Waals surface area contributed by atoms with Crippen LogP contribution in [0.25, 0.3) is 0 Å². The Morgan fingerprint density at radius 2 is 0.767 bits per heavy atom. The Morgan fingerprint density at radius 1 is 0.433 bits per heavy atom. The number of hydrogen-bond donors (Lipinski definition) is 1. The zero-order valence-corrected chi connectivity index (χ0v) is 22.3. The highest BCUT2D eigenvalue weighted by atomic mass is 35.5. The SMILES string of the molecule is CCCCCCCCCCCCCCCCCCCCCCC(CC)NCCC.Cl. The third-order valence-corrected chi connectivity index (χ3v) is 6.58. The number of halogens is 1. The van der Waals surface area contributed by atoms with Crippen molar-refractivity contribution in [3.8, 4) is 0 Å². The molecule has 0 radical (unpaired) electrons. The fraction of sp³-hybridized carbons (Fsp3) is 1.00. The fourth-order valence-electron chi connectivity index (χ4n) is 4.44. The van der Waals surface area contributed by atoms with Gasteiger partial charge in [-0.1, -0.05) is 149 Å². The van der Waals surface area contributed by atoms with E-state index in [0.29, 0.717) is 0 Å². The van der Waals surface area contributed by atoms with Gasteiger partial charge in [0, 0.05) is 6.04 Å². The number of hydrogen-bond acceptors (Lipinski definition) is 1. The van der Waals surface area contributed by atoms with Gasteiger partial charge < -0.3 is 5.32 Å². The molecule has 0 aliphatic heterocycles. The minimum Gasteiger partial charge on any atom is -0.314 e. The first-order chi connectivity index (χ1) is 14.3. The van der Waals surface area contributed by atoms with Crippen LogP contribution >= 0.6 is 12.4 Å². The van der Waals surface area contributed by atoms with Crippen LogP contribution < -0.4 is 5.32 Å². The lowest BCUT2D eigenvalue weighted by Gasteiger charge is -2.16. The van der Waals surface area contributed by atoms with E-state index < -0.39 is 0 Å². The minimum atomic E-state index is 0. The number of unbranched alkanes of at least 4 members (excludes halogenated alkanes) is 19. The molecule has 184 valence electrons. The van der Waals surface area contributed by atoms with Crippen LogP contribution in [0.5, 0.6) is 0 Å². The van der Waals surface area contributed by atoms with Gasteiger partial charge in [-0.25, -0.2) is 0 Å². The van der Waals surface area contributed by atoms with Crippen molar-refractivity contribution >= 4 is 12.4 Å². The summed E-state index contributed by atoms with van der Waals surface area (Å²) in [4.78, 5) is 0. The average Bonchev–Trinajstić information content (AvgIpc) is 2.74. The Kier molecular flexibility index (Phi) is 31.6. The van der Waals surface area contributed by atoms with E-state index in [1.165, 1.54) is 154 Å². The summed E-state index contributed by atoms with van der Waals surface area (Å²) >= 11 is 0. The molecule has 1 atom stereocenters. The van der Waals surface area contributed by atoms with Crippen molar-refractivity contribution in [1.82, 2.24) is 5.32 Å². The van der Waals surface area contributed by atoms with Crippen LogP contribution in [0.2, 0.25) is 0 Å². The van der Waals surface area contributed by atoms with Gasteiger partial charge in [-0.15, -0.1) is 12.4 Å². The van der Waals surface area contributed by atoms with Gasteiger partial charge in [0.05, 0.1) is 0 Å². The molecule has 0 aromatic rings. The van der Waals surface area contributed by atoms with Crippen molar-refractivity contribution in [2.75, 3.05) is 6.54 Å². The first kappa shape index (κ1) is 32.4. The van der Waals surface area contributed by atoms with Crippen LogP contribution in [0.1, 0.15) is 168 Å². The van der Waals surface area contributed by atoms with Crippen LogP contribution in [-0.4, -0.2) is 12.6 Å². The van der Waals surface area contributed by atoms with Crippen molar-refractivity contribution in [2.45, 2.75) is 174 Å². The van der Waals surface area contributed by atoms with Gasteiger partial charge in [0.15, 0.2) is 0 Å². The second-order valence-electron chi connectivity index (χ2n) is 9.57. The molecule has 0 amide bonds. The molecule has 1 N–H and O–H groups in total. The third-order valence-electron chi connectivity index (χ3n) is 6.58. The van der Waals surface area contributed by atoms with Crippen molar-refractivity contribution in [3.63, 3.8) is 0 Å². The van der Waals surface area contributed by atoms with Crippen LogP contribution in [0.15, 0.2) is 0 Å². The molecule has 0 aliphatic carbocycles. The molecule has 1 unspecified atom stereocenters. The maximum Gasteiger partial charge on any atom is 0.00644 e. The number of rotatable bonds is 25. The topological polar surface area (TPSA) is 12.0 Å². The number of nitrogens with one attached hydrogen (secondary N) is 1. The Morgan fingerprint density at radius 3 is 1.07 bits per heavy atom. The van der Waals surface area contributed by atoms with E-state index >= 15 is 0 Å². The van der Waals surface area contributed by atoms with E-state index in [2.05, 4.69) is 26.1 Å². The van der Waals surface area contributed by atoms with E-state index in [1.807, 2.05) is 0 Å². The van der Waals surface area contributed by atoms with Gasteiger partial charge in [0.25, 0.3) is 0 Å². The van der Waals surface area contributed by atoms with Gasteiger partial charge in [-0.05, 0) is 25.8 Å². The van der Waals surface area contributed by atoms with E-state index in [0.717, 1.165) is 6.04 Å². The van der Waals surface area contributed by atoms with Gasteiger partial charge in [-0.3, -0.25) is 0 Å². The standard InChI is InChI=1S/C28H59N.ClH/c1-4-7-8-9-10-11-12-13-14-15-16-17-18-19-20-21-22-23-24-25-26-28(6-3)29-27-5-2;/h28-29H,4-27H2,1-3H3;1H. The molecule has 0 heterocycles. The zero-order chi connectivity index (χ0) is 21.3. The Bertz CT molecular complexity index is 282. The molecule has 0 saturated heterocycles. The van der Waals surface area contributed by atoms with Crippen molar-refractivity contribution in [1.29, 1.82) is 0 Å². The first-order valence-corrected chi connectivity index (χ1v) is 14.1. The molecule has 0 aliphatic rings. The molecule has 0 aromatic carbocycles. The van der Waals surface area contributed by atoms with Gasteiger partial charge in [0.2, 0.25) is 0 Å². The maximum absolute atomic E-state index is 3.68. The highest BCUT2D eigenvalue weighted by Crippen LogP contribution is 2.15. The predicted molar refractivity (Wildman–Crippen MR) is 142 cm³/mol. The summed E-state index contributed by atoms with van der Waals surface area (Å²) in [6.07, 6.45) is 33.3. The molecule has 0 fully saturated rings. The van der Waals surface area contributed by atoms with E-state index in [4.69, 9.17) is 0 Å². The van der Waals surface area contributed by atoms with Gasteiger partial charge in [-0.2, -0.15) is 0 Å². The molecular weight excluding hydrogens is 386 g/mol. The highest BCUT2D eigenvalue weighted by molar-refractivity contribution is 5.85. The summed E-state index contributed by atoms with van der Waals surface area (Å²) in [6, 6.07) is 0.769. The van der Waals surface area contributed by atoms with Crippen molar-refractivity contribution in [3.05, 3.63) is 0 Å². The van der Waals surface area contributed by atoms with Crippen molar-refractivity contribution in [2.24, 2.45) is 0 Å². The quantitative estimate of drug-likeness (QED) is 0.138. The summed E-state index contributed by atoms with van der Waals surface area (Å²) < 4.78 is 0. The first-order valence-electron chi connectivity index (χ1n) is 14.1. The molecular formula is C28H60ClN. The van der Waals surface area contributed by atoms with Crippen LogP contribution in [-0.2, 0) is 0 Å². The molecule has 0 rings (SSSR count). The summed E-state index contributed by atoms with van der Waals surface area (Å²) in [5.41, 5.74) is 0. The molecule has 1 nitrogen and oxygen atoms in total. The second-order valence-corrected chi connectivity index (χ2v) is 9.57. The Labute approximate surface area is 198 Å². The average molecular weight is 446 g/mol. The summed E-state index contributed by atoms with van der Waals surface area (Å²) in [5.74, 6) is 0. The largest absolute Gasteiger partial charge is 0.314 e. The molecule has 0 spiro atoms. The van der Waals surface area contributed by atoms with E-state index in [1.54, 1.807) is 0 Å². The van der Waals surface area contributed by atoms with E-state index in [-0.39, 0.29) is 12.4 Å². The van der Waals surface area contributed by atoms with Crippen LogP contribution in [0.4, 0.5) is 0 Å². The van der Waals surface area contributed by atoms with Gasteiger partial charge in [0.1, 0.15) is 0 Å². The lowest BCUT2D eigenvalue weighted by atomic mass is 10.0. The third kappa shape index (κ3) is 26.3. The second kappa shape index (κ2) is 29.2. The monoisotopic (exact) mass is 445 g/mol. The smallest absolute Gasteiger partial charge is 0.00644 e. The van der Waals surface area contributed by atoms with Gasteiger partial charge >= 0.3 is 0 Å². The zero-order valence-electron chi connectivity index (χ0n) is 21.5. The molecule has 2 heteroatoms. The van der Waals surface area contributed by atoms with Crippen molar-refractivity contribution < 1.29 is 0 Å². The Balaban J connectivity index is 0. The highest BCUT2D eigenvalue weighted by Gasteiger charge is 2.03. The van der Waals surface area contributed by atoms with Crippen LogP contribution in [0.3, 0.4) is 0 Å². The summed E-state index contributed by atoms with van der Waals surface area (Å²) in [7, 11) is 0. The summed E-state index contributed by atoms with van der Waals surface area (Å²) in [5, 5.41) is 3.68. The normalized spacial score (nSPS) is 12.1. The minimum absolute atomic E-state index is 0.